The van der Waals surface area contributed by atoms with Crippen molar-refractivity contribution in [1.82, 2.24) is 10.3 Å². The summed E-state index contributed by atoms with van der Waals surface area (Å²) in [5.41, 5.74) is 1.01. The molecule has 0 bridgehead atoms. The molecule has 0 spiro atoms. The first-order chi connectivity index (χ1) is 10.4. The number of fused-ring (bicyclic) bond motifs is 1. The van der Waals surface area contributed by atoms with Crippen LogP contribution in [0.2, 0.25) is 0 Å². The maximum absolute atomic E-state index is 6.30. The molecule has 1 aromatic heterocycles. The normalized spacial score (nSPS) is 22.3. The minimum absolute atomic E-state index is 0.318. The van der Waals surface area contributed by atoms with E-state index in [-0.39, 0.29) is 0 Å². The minimum atomic E-state index is 0.318. The lowest BCUT2D eigenvalue weighted by Gasteiger charge is -2.30. The largest absolute Gasteiger partial charge is 0.490 e. The van der Waals surface area contributed by atoms with Gasteiger partial charge >= 0.3 is 0 Å². The van der Waals surface area contributed by atoms with Crippen LogP contribution in [0.15, 0.2) is 36.5 Å². The van der Waals surface area contributed by atoms with Crippen molar-refractivity contribution >= 4 is 10.9 Å². The molecule has 0 radical (unpaired) electrons. The zero-order valence-corrected chi connectivity index (χ0v) is 12.7. The number of rotatable bonds is 5. The zero-order chi connectivity index (χ0) is 14.5. The first-order valence-electron chi connectivity index (χ1n) is 8.10. The van der Waals surface area contributed by atoms with Gasteiger partial charge in [-0.25, -0.2) is 0 Å². The predicted molar refractivity (Wildman–Crippen MR) is 86.7 cm³/mol. The van der Waals surface area contributed by atoms with E-state index in [4.69, 9.17) is 4.74 Å². The van der Waals surface area contributed by atoms with Gasteiger partial charge in [-0.1, -0.05) is 13.0 Å². The van der Waals surface area contributed by atoms with Crippen molar-refractivity contribution in [2.45, 2.75) is 51.2 Å². The van der Waals surface area contributed by atoms with Gasteiger partial charge < -0.3 is 10.1 Å². The second-order valence-electron chi connectivity index (χ2n) is 5.88. The van der Waals surface area contributed by atoms with E-state index in [9.17, 15) is 0 Å². The van der Waals surface area contributed by atoms with E-state index in [1.54, 1.807) is 0 Å². The lowest BCUT2D eigenvalue weighted by Crippen LogP contribution is -2.38. The molecule has 0 aliphatic heterocycles. The molecular weight excluding hydrogens is 260 g/mol. The number of hydrogen-bond donors (Lipinski definition) is 1. The molecular formula is C18H24N2O. The Labute approximate surface area is 126 Å². The van der Waals surface area contributed by atoms with E-state index in [0.717, 1.165) is 36.0 Å². The Kier molecular flexibility index (Phi) is 4.71. The molecule has 0 amide bonds. The topological polar surface area (TPSA) is 34.1 Å². The molecule has 1 N–H and O–H groups in total. The van der Waals surface area contributed by atoms with Crippen molar-refractivity contribution in [2.75, 3.05) is 6.54 Å². The Hall–Kier alpha value is -1.61. The highest BCUT2D eigenvalue weighted by Gasteiger charge is 2.23. The Morgan fingerprint density at radius 2 is 2.19 bits per heavy atom. The summed E-state index contributed by atoms with van der Waals surface area (Å²) < 4.78 is 6.30. The summed E-state index contributed by atoms with van der Waals surface area (Å²) in [4.78, 5) is 4.40. The maximum Gasteiger partial charge on any atom is 0.129 e. The summed E-state index contributed by atoms with van der Waals surface area (Å²) in [6.45, 7) is 3.32. The van der Waals surface area contributed by atoms with Crippen molar-refractivity contribution in [3.63, 3.8) is 0 Å². The summed E-state index contributed by atoms with van der Waals surface area (Å²) in [6, 6.07) is 10.8. The van der Waals surface area contributed by atoms with Crippen LogP contribution in [0.5, 0.6) is 5.75 Å². The molecule has 3 nitrogen and oxygen atoms in total. The molecule has 21 heavy (non-hydrogen) atoms. The second-order valence-corrected chi connectivity index (χ2v) is 5.88. The second kappa shape index (κ2) is 6.90. The first kappa shape index (κ1) is 14.3. The van der Waals surface area contributed by atoms with Crippen molar-refractivity contribution in [3.8, 4) is 5.75 Å². The molecule has 1 aliphatic rings. The highest BCUT2D eigenvalue weighted by molar-refractivity contribution is 5.84. The lowest BCUT2D eigenvalue weighted by atomic mass is 9.92. The van der Waals surface area contributed by atoms with Crippen LogP contribution >= 0.6 is 0 Å². The predicted octanol–water partition coefficient (Wildman–Crippen LogP) is 3.92. The summed E-state index contributed by atoms with van der Waals surface area (Å²) in [5.74, 6) is 0.974. The Balaban J connectivity index is 1.70. The van der Waals surface area contributed by atoms with Gasteiger partial charge in [0.05, 0.1) is 5.52 Å². The van der Waals surface area contributed by atoms with Gasteiger partial charge in [-0.3, -0.25) is 4.98 Å². The molecule has 1 saturated carbocycles. The fourth-order valence-corrected chi connectivity index (χ4v) is 3.14. The third-order valence-electron chi connectivity index (χ3n) is 4.21. The lowest BCUT2D eigenvalue weighted by molar-refractivity contribution is 0.136. The van der Waals surface area contributed by atoms with Gasteiger partial charge in [0.25, 0.3) is 0 Å². The van der Waals surface area contributed by atoms with Crippen molar-refractivity contribution in [2.24, 2.45) is 0 Å². The number of nitrogens with one attached hydrogen (secondary N) is 1. The Morgan fingerprint density at radius 1 is 1.24 bits per heavy atom. The summed E-state index contributed by atoms with van der Waals surface area (Å²) in [6.07, 6.45) is 8.12. The molecule has 3 rings (SSSR count). The SMILES string of the molecule is CCCNC1CCCC(Oc2cccc3ncccc23)C1. The third kappa shape index (κ3) is 3.53. The summed E-state index contributed by atoms with van der Waals surface area (Å²) in [5, 5.41) is 4.75. The monoisotopic (exact) mass is 284 g/mol. The van der Waals surface area contributed by atoms with E-state index < -0.39 is 0 Å². The number of pyridine rings is 1. The van der Waals surface area contributed by atoms with Gasteiger partial charge in [-0.15, -0.1) is 0 Å². The molecule has 1 aromatic carbocycles. The van der Waals surface area contributed by atoms with Crippen LogP contribution in [-0.2, 0) is 0 Å². The molecule has 0 saturated heterocycles. The van der Waals surface area contributed by atoms with Gasteiger partial charge in [0.15, 0.2) is 0 Å². The highest BCUT2D eigenvalue weighted by atomic mass is 16.5. The molecule has 1 heterocycles. The van der Waals surface area contributed by atoms with Crippen molar-refractivity contribution < 1.29 is 4.74 Å². The highest BCUT2D eigenvalue weighted by Crippen LogP contribution is 2.28. The summed E-state index contributed by atoms with van der Waals surface area (Å²) >= 11 is 0. The number of nitrogens with zero attached hydrogens (tertiary/aromatic N) is 1. The van der Waals surface area contributed by atoms with Crippen LogP contribution in [0.3, 0.4) is 0 Å². The number of aromatic nitrogens is 1. The van der Waals surface area contributed by atoms with Crippen LogP contribution in [-0.4, -0.2) is 23.7 Å². The molecule has 2 aromatic rings. The van der Waals surface area contributed by atoms with Crippen molar-refractivity contribution in [1.29, 1.82) is 0 Å². The average molecular weight is 284 g/mol. The zero-order valence-electron chi connectivity index (χ0n) is 12.7. The van der Waals surface area contributed by atoms with Crippen LogP contribution in [0, 0.1) is 0 Å². The fourth-order valence-electron chi connectivity index (χ4n) is 3.14. The Morgan fingerprint density at radius 3 is 3.10 bits per heavy atom. The van der Waals surface area contributed by atoms with Gasteiger partial charge in [-0.2, -0.15) is 0 Å². The van der Waals surface area contributed by atoms with Gasteiger partial charge in [0.2, 0.25) is 0 Å². The van der Waals surface area contributed by atoms with Crippen LogP contribution in [0.25, 0.3) is 10.9 Å². The molecule has 1 aliphatic carbocycles. The fraction of sp³-hybridized carbons (Fsp3) is 0.500. The summed E-state index contributed by atoms with van der Waals surface area (Å²) in [7, 11) is 0. The molecule has 1 fully saturated rings. The molecule has 2 atom stereocenters. The smallest absolute Gasteiger partial charge is 0.129 e. The number of benzene rings is 1. The van der Waals surface area contributed by atoms with Gasteiger partial charge in [0.1, 0.15) is 11.9 Å². The Bertz CT molecular complexity index is 579. The van der Waals surface area contributed by atoms with Crippen LogP contribution in [0.4, 0.5) is 0 Å². The van der Waals surface area contributed by atoms with E-state index in [1.807, 2.05) is 24.4 Å². The minimum Gasteiger partial charge on any atom is -0.490 e. The van der Waals surface area contributed by atoms with Crippen LogP contribution in [0.1, 0.15) is 39.0 Å². The first-order valence-corrected chi connectivity index (χ1v) is 8.10. The van der Waals surface area contributed by atoms with Gasteiger partial charge in [0, 0.05) is 17.6 Å². The van der Waals surface area contributed by atoms with E-state index in [2.05, 4.69) is 29.4 Å². The number of ether oxygens (including phenoxy) is 1. The maximum atomic E-state index is 6.30. The molecule has 2 unspecified atom stereocenters. The standard InChI is InChI=1S/C18H24N2O/c1-2-11-19-14-6-3-7-15(13-14)21-18-10-4-9-17-16(18)8-5-12-20-17/h4-5,8-10,12,14-15,19H,2-3,6-7,11,13H2,1H3. The van der Waals surface area contributed by atoms with E-state index in [1.165, 1.54) is 19.3 Å². The molecule has 3 heteroatoms. The third-order valence-corrected chi connectivity index (χ3v) is 4.21. The molecule has 112 valence electrons. The van der Waals surface area contributed by atoms with Crippen LogP contribution < -0.4 is 10.1 Å². The average Bonchev–Trinajstić information content (AvgIpc) is 2.54. The van der Waals surface area contributed by atoms with Gasteiger partial charge in [-0.05, 0) is 62.9 Å². The number of hydrogen-bond acceptors (Lipinski definition) is 3. The van der Waals surface area contributed by atoms with Crippen molar-refractivity contribution in [3.05, 3.63) is 36.5 Å². The quantitative estimate of drug-likeness (QED) is 0.903. The van der Waals surface area contributed by atoms with E-state index in [0.29, 0.717) is 12.1 Å². The van der Waals surface area contributed by atoms with E-state index >= 15 is 0 Å².